The molecular weight excluding hydrogens is 402 g/mol. The Morgan fingerprint density at radius 3 is 2.71 bits per heavy atom. The number of aliphatic imine (C=N–C) groups is 1. The van der Waals surface area contributed by atoms with Gasteiger partial charge in [-0.1, -0.05) is 44.9 Å². The maximum absolute atomic E-state index is 12.5. The van der Waals surface area contributed by atoms with Crippen LogP contribution in [0.4, 0.5) is 0 Å². The maximum atomic E-state index is 12.5. The van der Waals surface area contributed by atoms with Crippen molar-refractivity contribution in [2.24, 2.45) is 16.8 Å². The van der Waals surface area contributed by atoms with E-state index in [1.54, 1.807) is 0 Å². The molecule has 31 heavy (non-hydrogen) atoms. The Balaban J connectivity index is 1.67. The van der Waals surface area contributed by atoms with Crippen LogP contribution in [0.25, 0.3) is 0 Å². The van der Waals surface area contributed by atoms with Gasteiger partial charge in [-0.25, -0.2) is 4.99 Å². The van der Waals surface area contributed by atoms with Crippen LogP contribution in [0.3, 0.4) is 0 Å². The van der Waals surface area contributed by atoms with Crippen molar-refractivity contribution in [1.82, 2.24) is 10.4 Å². The van der Waals surface area contributed by atoms with Crippen molar-refractivity contribution >= 4 is 11.9 Å². The predicted octanol–water partition coefficient (Wildman–Crippen LogP) is 4.82. The van der Waals surface area contributed by atoms with Gasteiger partial charge in [-0.15, -0.1) is 0 Å². The van der Waals surface area contributed by atoms with Crippen LogP contribution in [0.15, 0.2) is 15.6 Å². The lowest BCUT2D eigenvalue weighted by Gasteiger charge is -2.24. The molecule has 1 saturated carbocycles. The van der Waals surface area contributed by atoms with Crippen molar-refractivity contribution < 1.29 is 28.8 Å². The number of carbonyl (C=O) groups is 1. The van der Waals surface area contributed by atoms with Gasteiger partial charge in [-0.05, 0) is 38.3 Å². The summed E-state index contributed by atoms with van der Waals surface area (Å²) in [5.74, 6) is 1.03. The topological polar surface area (TPSA) is 107 Å². The standard InChI is InChI=1S/C22H35N3O6/c1-22(2,3)29-19(26)13-16(12-8-11-15-9-6-5-7-10-15)21-23-20(25(27)31-21)17-14-18(28-4)24-30-17/h14-16,20,27H,5-13H2,1-4H3/t16-,20?/m1/s1. The number of hydrogen-bond acceptors (Lipinski definition) is 9. The van der Waals surface area contributed by atoms with Crippen LogP contribution >= 0.6 is 0 Å². The van der Waals surface area contributed by atoms with Gasteiger partial charge in [-0.3, -0.25) is 10.0 Å². The number of nitrogens with zero attached hydrogens (tertiary/aromatic N) is 3. The van der Waals surface area contributed by atoms with Crippen molar-refractivity contribution in [2.45, 2.75) is 90.3 Å². The minimum Gasteiger partial charge on any atom is -0.479 e. The summed E-state index contributed by atoms with van der Waals surface area (Å²) in [5.41, 5.74) is -0.565. The number of hydroxylamine groups is 2. The van der Waals surface area contributed by atoms with E-state index in [9.17, 15) is 10.0 Å². The van der Waals surface area contributed by atoms with Crippen LogP contribution in [0.2, 0.25) is 0 Å². The summed E-state index contributed by atoms with van der Waals surface area (Å²) < 4.78 is 15.7. The quantitative estimate of drug-likeness (QED) is 0.548. The molecule has 9 heteroatoms. The van der Waals surface area contributed by atoms with Crippen molar-refractivity contribution in [3.63, 3.8) is 0 Å². The molecule has 0 amide bonds. The van der Waals surface area contributed by atoms with Gasteiger partial charge >= 0.3 is 5.97 Å². The van der Waals surface area contributed by atoms with Crippen LogP contribution in [0, 0.1) is 11.8 Å². The molecule has 0 aromatic carbocycles. The average molecular weight is 438 g/mol. The third-order valence-corrected chi connectivity index (χ3v) is 5.69. The van der Waals surface area contributed by atoms with E-state index in [4.69, 9.17) is 18.8 Å². The van der Waals surface area contributed by atoms with Crippen LogP contribution in [0.5, 0.6) is 5.88 Å². The Kier molecular flexibility index (Phi) is 7.94. The van der Waals surface area contributed by atoms with Crippen molar-refractivity contribution in [3.8, 4) is 5.88 Å². The molecule has 0 bridgehead atoms. The lowest BCUT2D eigenvalue weighted by atomic mass is 9.84. The van der Waals surface area contributed by atoms with E-state index in [1.807, 2.05) is 20.8 Å². The molecular formula is C22H35N3O6. The number of hydrogen-bond donors (Lipinski definition) is 1. The van der Waals surface area contributed by atoms with Crippen molar-refractivity contribution in [2.75, 3.05) is 7.11 Å². The number of carbonyl (C=O) groups excluding carboxylic acids is 1. The highest BCUT2D eigenvalue weighted by Gasteiger charge is 2.37. The molecule has 1 unspecified atom stereocenters. The third kappa shape index (κ3) is 6.93. The second-order valence-electron chi connectivity index (χ2n) is 9.43. The first-order valence-corrected chi connectivity index (χ1v) is 11.2. The summed E-state index contributed by atoms with van der Waals surface area (Å²) in [6.07, 6.45) is 8.59. The van der Waals surface area contributed by atoms with Crippen LogP contribution < -0.4 is 4.74 Å². The number of esters is 1. The van der Waals surface area contributed by atoms with Crippen molar-refractivity contribution in [3.05, 3.63) is 11.8 Å². The average Bonchev–Trinajstić information content (AvgIpc) is 3.33. The van der Waals surface area contributed by atoms with Gasteiger partial charge < -0.3 is 18.8 Å². The molecule has 0 spiro atoms. The highest BCUT2D eigenvalue weighted by atomic mass is 16.9. The molecule has 1 aromatic rings. The summed E-state index contributed by atoms with van der Waals surface area (Å²) in [7, 11) is 1.47. The molecule has 2 heterocycles. The van der Waals surface area contributed by atoms with Crippen LogP contribution in [0.1, 0.15) is 90.5 Å². The minimum atomic E-state index is -0.897. The van der Waals surface area contributed by atoms with E-state index in [-0.39, 0.29) is 29.9 Å². The highest BCUT2D eigenvalue weighted by Crippen LogP contribution is 2.34. The fraction of sp³-hybridized carbons (Fsp3) is 0.773. The molecule has 3 rings (SSSR count). The van der Waals surface area contributed by atoms with Gasteiger partial charge in [0.25, 0.3) is 5.88 Å². The molecule has 2 atom stereocenters. The molecule has 1 aliphatic heterocycles. The summed E-state index contributed by atoms with van der Waals surface area (Å²) in [6.45, 7) is 5.53. The monoisotopic (exact) mass is 437 g/mol. The normalized spacial score (nSPS) is 21.5. The van der Waals surface area contributed by atoms with E-state index >= 15 is 0 Å². The molecule has 1 fully saturated rings. The summed E-state index contributed by atoms with van der Waals surface area (Å²) in [4.78, 5) is 22.5. The second-order valence-corrected chi connectivity index (χ2v) is 9.43. The third-order valence-electron chi connectivity index (χ3n) is 5.69. The Bertz CT molecular complexity index is 751. The molecule has 1 N–H and O–H groups in total. The van der Waals surface area contributed by atoms with E-state index in [1.165, 1.54) is 45.3 Å². The summed E-state index contributed by atoms with van der Waals surface area (Å²) >= 11 is 0. The lowest BCUT2D eigenvalue weighted by molar-refractivity contribution is -0.308. The Morgan fingerprint density at radius 2 is 2.06 bits per heavy atom. The number of rotatable bonds is 9. The first-order valence-electron chi connectivity index (χ1n) is 11.2. The first-order chi connectivity index (χ1) is 14.7. The number of aromatic nitrogens is 1. The smallest absolute Gasteiger partial charge is 0.307 e. The fourth-order valence-electron chi connectivity index (χ4n) is 4.21. The zero-order valence-electron chi connectivity index (χ0n) is 19.0. The number of methoxy groups -OCH3 is 1. The predicted molar refractivity (Wildman–Crippen MR) is 112 cm³/mol. The molecule has 174 valence electrons. The fourth-order valence-corrected chi connectivity index (χ4v) is 4.21. The SMILES string of the molecule is COc1cc(C2N=C([C@H](CCCC3CCCCC3)CC(=O)OC(C)(C)C)ON2O)on1. The molecule has 2 aliphatic rings. The second kappa shape index (κ2) is 10.5. The zero-order valence-corrected chi connectivity index (χ0v) is 19.0. The zero-order chi connectivity index (χ0) is 22.4. The Labute approximate surface area is 183 Å². The Hall–Kier alpha value is -2.13. The van der Waals surface area contributed by atoms with Gasteiger partial charge in [-0.2, -0.15) is 0 Å². The highest BCUT2D eigenvalue weighted by molar-refractivity contribution is 5.84. The van der Waals surface area contributed by atoms with E-state index < -0.39 is 11.8 Å². The molecule has 0 saturated heterocycles. The summed E-state index contributed by atoms with van der Waals surface area (Å²) in [5, 5.41) is 14.6. The lowest BCUT2D eigenvalue weighted by Crippen LogP contribution is -2.28. The first kappa shape index (κ1) is 23.5. The largest absolute Gasteiger partial charge is 0.479 e. The molecule has 0 radical (unpaired) electrons. The van der Waals surface area contributed by atoms with E-state index in [0.29, 0.717) is 11.1 Å². The Morgan fingerprint density at radius 1 is 1.32 bits per heavy atom. The minimum absolute atomic E-state index is 0.140. The molecule has 1 aromatic heterocycles. The number of ether oxygens (including phenoxy) is 2. The van der Waals surface area contributed by atoms with Gasteiger partial charge in [0, 0.05) is 17.2 Å². The van der Waals surface area contributed by atoms with Gasteiger partial charge in [0.2, 0.25) is 12.1 Å². The van der Waals surface area contributed by atoms with Crippen LogP contribution in [-0.2, 0) is 14.4 Å². The van der Waals surface area contributed by atoms with Gasteiger partial charge in [0.15, 0.2) is 5.76 Å². The van der Waals surface area contributed by atoms with Gasteiger partial charge in [0.1, 0.15) is 5.60 Å². The maximum Gasteiger partial charge on any atom is 0.307 e. The van der Waals surface area contributed by atoms with Gasteiger partial charge in [0.05, 0.1) is 13.5 Å². The molecule has 1 aliphatic carbocycles. The van der Waals surface area contributed by atoms with Crippen molar-refractivity contribution in [1.29, 1.82) is 0 Å². The van der Waals surface area contributed by atoms with E-state index in [0.717, 1.165) is 25.2 Å². The van der Waals surface area contributed by atoms with Crippen LogP contribution in [-0.4, -0.2) is 40.2 Å². The van der Waals surface area contributed by atoms with E-state index in [2.05, 4.69) is 10.1 Å². The summed E-state index contributed by atoms with van der Waals surface area (Å²) in [6, 6.07) is 1.54. The molecule has 9 nitrogen and oxygen atoms in total.